The summed E-state index contributed by atoms with van der Waals surface area (Å²) in [7, 11) is 0. The number of unbranched alkanes of at least 4 members (excludes halogenated alkanes) is 4. The van der Waals surface area contributed by atoms with Gasteiger partial charge >= 0.3 is 0 Å². The van der Waals surface area contributed by atoms with Crippen LogP contribution in [0.2, 0.25) is 0 Å². The number of benzene rings is 4. The molecule has 0 radical (unpaired) electrons. The second-order valence-corrected chi connectivity index (χ2v) is 28.8. The summed E-state index contributed by atoms with van der Waals surface area (Å²) in [6.45, 7) is 12.2. The number of nitrogens with two attached hydrogens (primary N) is 5. The molecular weight excluding hydrogens is 1440 g/mol. The van der Waals surface area contributed by atoms with Crippen LogP contribution in [-0.2, 0) is 57.5 Å². The number of rotatable bonds is 56. The van der Waals surface area contributed by atoms with Gasteiger partial charge in [-0.05, 0) is 160 Å². The fourth-order valence-electron chi connectivity index (χ4n) is 13.3. The summed E-state index contributed by atoms with van der Waals surface area (Å²) in [5.74, 6) is -6.67. The van der Waals surface area contributed by atoms with E-state index >= 15 is 19.2 Å². The lowest BCUT2D eigenvalue weighted by Crippen LogP contribution is -2.53. The van der Waals surface area contributed by atoms with Crippen molar-refractivity contribution < 1.29 is 57.5 Å². The molecular formula is C84H131N17O12. The molecule has 0 spiro atoms. The van der Waals surface area contributed by atoms with Gasteiger partial charge in [0.1, 0.15) is 19.6 Å². The van der Waals surface area contributed by atoms with Crippen molar-refractivity contribution in [3.8, 4) is 0 Å². The molecule has 29 heteroatoms. The highest BCUT2D eigenvalue weighted by atomic mass is 16.2. The molecule has 4 rings (SSSR count). The van der Waals surface area contributed by atoms with Crippen molar-refractivity contribution in [3.05, 3.63) is 144 Å². The van der Waals surface area contributed by atoms with Crippen LogP contribution in [0.4, 0.5) is 0 Å². The van der Waals surface area contributed by atoms with Crippen LogP contribution in [0.25, 0.3) is 0 Å². The predicted octanol–water partition coefficient (Wildman–Crippen LogP) is 4.82. The molecule has 113 heavy (non-hydrogen) atoms. The third-order valence-electron chi connectivity index (χ3n) is 20.0. The van der Waals surface area contributed by atoms with Crippen molar-refractivity contribution in [3.63, 3.8) is 0 Å². The minimum Gasteiger partial charge on any atom is -0.368 e. The van der Waals surface area contributed by atoms with E-state index in [0.29, 0.717) is 108 Å². The number of hydrogen-bond acceptors (Lipinski definition) is 17. The Labute approximate surface area is 670 Å². The number of nitrogens with one attached hydrogen (secondary N) is 1. The molecule has 0 aromatic heterocycles. The molecule has 0 heterocycles. The molecule has 0 aliphatic carbocycles. The third kappa shape index (κ3) is 33.1. The normalized spacial score (nSPS) is 12.1. The molecule has 624 valence electrons. The number of nitrogens with zero attached hydrogens (tertiary/aromatic N) is 11. The largest absolute Gasteiger partial charge is 0.368 e. The molecule has 0 aliphatic heterocycles. The highest BCUT2D eigenvalue weighted by Crippen LogP contribution is 2.26. The van der Waals surface area contributed by atoms with Gasteiger partial charge in [-0.1, -0.05) is 149 Å². The van der Waals surface area contributed by atoms with Crippen LogP contribution in [0.15, 0.2) is 121 Å². The molecule has 4 aromatic carbocycles. The minimum atomic E-state index is -0.762. The highest BCUT2D eigenvalue weighted by Gasteiger charge is 2.36. The van der Waals surface area contributed by atoms with Crippen molar-refractivity contribution in [2.24, 2.45) is 28.7 Å². The van der Waals surface area contributed by atoms with Crippen LogP contribution in [0, 0.1) is 0 Å². The van der Waals surface area contributed by atoms with Gasteiger partial charge in [0.25, 0.3) is 0 Å². The van der Waals surface area contributed by atoms with E-state index in [1.807, 2.05) is 125 Å². The SMILES string of the molecule is CCCN(CC(=O)N(CC(N)=O)[C@@H](C)c1ccccc1)C(=O)CN(CCCCN)C(=O)CN(C(=O)CN(CCC)C(=O)CN(CCCCN)C(=O)CN(C(=O)CN(CCC)C(=O)CN(CCCCN)C(=O)CN(C(=O)CN(CCC)C(=O)CNCCCCN)[C@@H](C)c1ccccc1)[C@@H](C)c1ccccc1)[C@@H](C)c1ccccc1. The first-order valence-corrected chi connectivity index (χ1v) is 40.4. The van der Waals surface area contributed by atoms with E-state index in [4.69, 9.17) is 28.7 Å². The van der Waals surface area contributed by atoms with Gasteiger partial charge in [0.05, 0.1) is 83.1 Å². The van der Waals surface area contributed by atoms with Gasteiger partial charge in [0.15, 0.2) is 0 Å². The van der Waals surface area contributed by atoms with Crippen LogP contribution < -0.4 is 34.0 Å². The molecule has 11 N–H and O–H groups in total. The van der Waals surface area contributed by atoms with Gasteiger partial charge in [0.2, 0.25) is 70.9 Å². The zero-order valence-electron chi connectivity index (χ0n) is 68.5. The standard InChI is InChI=1S/C84H131N17O12/c1-9-46-91(74(103)53-90-45-29-25-41-85)58-82(111)99(66(6)70-35-19-14-20-36-70)62-78(107)96(51-31-27-43-87)56-76(105)93(48-11-3)60-84(113)101(68(8)72-39-23-16-24-40-72)64-80(109)97(52-32-28-44-88)57-77(106)94(49-12-4)61-83(112)100(67(7)71-37-21-15-22-38-71)63-79(108)95(50-30-26-42-86)55-75(104)92(47-10-2)59-81(110)98(54-73(89)102)65(5)69-33-17-13-18-34-69/h13-24,33-40,65-68,90H,9-12,25-32,41-64,85-88H2,1-8H3,(H2,89,102)/t65-,66-,67-,68-/m0/s1. The summed E-state index contributed by atoms with van der Waals surface area (Å²) in [6.07, 6.45) is 6.07. The topological polar surface area (TPSA) is 383 Å². The molecule has 0 bridgehead atoms. The molecule has 4 aromatic rings. The lowest BCUT2D eigenvalue weighted by Gasteiger charge is -2.36. The van der Waals surface area contributed by atoms with Gasteiger partial charge in [-0.2, -0.15) is 0 Å². The fourth-order valence-corrected chi connectivity index (χ4v) is 13.3. The Kier molecular flexibility index (Phi) is 45.2. The van der Waals surface area contributed by atoms with Crippen LogP contribution >= 0.6 is 0 Å². The maximum Gasteiger partial charge on any atom is 0.243 e. The maximum absolute atomic E-state index is 15.3. The number of carbonyl (C=O) groups is 12. The summed E-state index contributed by atoms with van der Waals surface area (Å²) < 4.78 is 0. The Hall–Kier alpha value is -9.68. The molecule has 0 saturated carbocycles. The maximum atomic E-state index is 15.3. The Morgan fingerprint density at radius 3 is 0.726 bits per heavy atom. The molecule has 29 nitrogen and oxygen atoms in total. The summed E-state index contributed by atoms with van der Waals surface area (Å²) in [5.41, 5.74) is 32.1. The van der Waals surface area contributed by atoms with Gasteiger partial charge in [-0.15, -0.1) is 0 Å². The lowest BCUT2D eigenvalue weighted by molar-refractivity contribution is -0.150. The summed E-state index contributed by atoms with van der Waals surface area (Å²) in [4.78, 5) is 190. The quantitative estimate of drug-likeness (QED) is 0.0323. The molecule has 12 amide bonds. The van der Waals surface area contributed by atoms with Crippen molar-refractivity contribution in [2.75, 3.05) is 157 Å². The van der Waals surface area contributed by atoms with Crippen LogP contribution in [0.1, 0.15) is 179 Å². The molecule has 0 unspecified atom stereocenters. The molecule has 4 atom stereocenters. The lowest BCUT2D eigenvalue weighted by atomic mass is 10.1. The van der Waals surface area contributed by atoms with Gasteiger partial charge in [0, 0.05) is 45.8 Å². The average molecular weight is 1570 g/mol. The Morgan fingerprint density at radius 2 is 0.487 bits per heavy atom. The van der Waals surface area contributed by atoms with Crippen molar-refractivity contribution in [2.45, 2.75) is 157 Å². The average Bonchev–Trinajstić information content (AvgIpc) is 0.849. The second kappa shape index (κ2) is 53.3. The smallest absolute Gasteiger partial charge is 0.243 e. The highest BCUT2D eigenvalue weighted by molar-refractivity contribution is 5.95. The number of hydrogen-bond donors (Lipinski definition) is 6. The zero-order valence-corrected chi connectivity index (χ0v) is 68.5. The van der Waals surface area contributed by atoms with E-state index in [9.17, 15) is 38.4 Å². The van der Waals surface area contributed by atoms with E-state index in [2.05, 4.69) is 5.32 Å². The van der Waals surface area contributed by atoms with Crippen molar-refractivity contribution in [1.82, 2.24) is 59.2 Å². The number of carbonyl (C=O) groups excluding carboxylic acids is 12. The van der Waals surface area contributed by atoms with Gasteiger partial charge in [-0.25, -0.2) is 0 Å². The van der Waals surface area contributed by atoms with E-state index in [0.717, 1.165) is 24.0 Å². The summed E-state index contributed by atoms with van der Waals surface area (Å²) in [6, 6.07) is 33.6. The molecule has 0 aliphatic rings. The fraction of sp³-hybridized carbons (Fsp3) is 0.571. The Morgan fingerprint density at radius 1 is 0.274 bits per heavy atom. The summed E-state index contributed by atoms with van der Waals surface area (Å²) in [5, 5.41) is 3.15. The predicted molar refractivity (Wildman–Crippen MR) is 439 cm³/mol. The van der Waals surface area contributed by atoms with Crippen LogP contribution in [0.3, 0.4) is 0 Å². The van der Waals surface area contributed by atoms with E-state index in [-0.39, 0.29) is 64.8 Å². The van der Waals surface area contributed by atoms with E-state index < -0.39 is 155 Å². The van der Waals surface area contributed by atoms with Gasteiger partial charge in [-0.3, -0.25) is 57.5 Å². The zero-order chi connectivity index (χ0) is 83.2. The number of primary amides is 1. The first-order valence-electron chi connectivity index (χ1n) is 40.4. The third-order valence-corrected chi connectivity index (χ3v) is 20.0. The van der Waals surface area contributed by atoms with Gasteiger partial charge < -0.3 is 87.9 Å². The second-order valence-electron chi connectivity index (χ2n) is 28.8. The monoisotopic (exact) mass is 1570 g/mol. The van der Waals surface area contributed by atoms with E-state index in [1.54, 1.807) is 52.0 Å². The van der Waals surface area contributed by atoms with E-state index in [1.165, 1.54) is 53.9 Å². The Balaban J connectivity index is 1.67. The Bertz CT molecular complexity index is 3550. The van der Waals surface area contributed by atoms with Crippen molar-refractivity contribution >= 4 is 70.9 Å². The first kappa shape index (κ1) is 95.7. The van der Waals surface area contributed by atoms with Crippen LogP contribution in [-0.4, -0.2) is 282 Å². The molecule has 0 saturated heterocycles. The van der Waals surface area contributed by atoms with Crippen LogP contribution in [0.5, 0.6) is 0 Å². The first-order chi connectivity index (χ1) is 54.3. The minimum absolute atomic E-state index is 0.0131. The number of amides is 12. The van der Waals surface area contributed by atoms with Crippen molar-refractivity contribution in [1.29, 1.82) is 0 Å². The summed E-state index contributed by atoms with van der Waals surface area (Å²) >= 11 is 0. The molecule has 0 fully saturated rings.